The Balaban J connectivity index is 1.39. The first-order valence-corrected chi connectivity index (χ1v) is 10.3. The molecule has 11 nitrogen and oxygen atoms in total. The summed E-state index contributed by atoms with van der Waals surface area (Å²) in [6.07, 6.45) is 1.31. The number of thiazole rings is 1. The zero-order valence-electron chi connectivity index (χ0n) is 17.0. The lowest BCUT2D eigenvalue weighted by Crippen LogP contribution is -2.37. The van der Waals surface area contributed by atoms with Crippen molar-refractivity contribution in [3.05, 3.63) is 73.5 Å². The topological polar surface area (TPSA) is 122 Å². The highest BCUT2D eigenvalue weighted by Crippen LogP contribution is 2.23. The van der Waals surface area contributed by atoms with Gasteiger partial charge in [0.1, 0.15) is 13.2 Å². The number of esters is 1. The van der Waals surface area contributed by atoms with Crippen LogP contribution >= 0.6 is 11.3 Å². The molecule has 0 atom stereocenters. The first-order chi connectivity index (χ1) is 15.3. The maximum Gasteiger partial charge on any atom is 0.332 e. The Morgan fingerprint density at radius 2 is 1.91 bits per heavy atom. The number of benzene rings is 1. The molecule has 1 aromatic carbocycles. The van der Waals surface area contributed by atoms with Gasteiger partial charge >= 0.3 is 11.7 Å². The van der Waals surface area contributed by atoms with E-state index in [0.717, 1.165) is 14.8 Å². The van der Waals surface area contributed by atoms with Crippen molar-refractivity contribution >= 4 is 43.6 Å². The molecule has 0 bridgehead atoms. The number of carbonyl (C=O) groups excluding carboxylic acids is 1. The summed E-state index contributed by atoms with van der Waals surface area (Å²) in [7, 11) is 2.85. The van der Waals surface area contributed by atoms with E-state index in [1.54, 1.807) is 0 Å². The molecular weight excluding hydrogens is 436 g/mol. The summed E-state index contributed by atoms with van der Waals surface area (Å²) in [6.45, 7) is -0.476. The van der Waals surface area contributed by atoms with E-state index in [0.29, 0.717) is 10.7 Å². The molecule has 4 heterocycles. The number of fused-ring (bicyclic) bond motifs is 4. The van der Waals surface area contributed by atoms with E-state index < -0.39 is 17.2 Å². The Morgan fingerprint density at radius 1 is 1.12 bits per heavy atom. The van der Waals surface area contributed by atoms with E-state index in [2.05, 4.69) is 9.97 Å². The van der Waals surface area contributed by atoms with Crippen molar-refractivity contribution in [3.8, 4) is 0 Å². The summed E-state index contributed by atoms with van der Waals surface area (Å²) in [6, 6.07) is 8.82. The van der Waals surface area contributed by atoms with Crippen molar-refractivity contribution in [3.63, 3.8) is 0 Å². The van der Waals surface area contributed by atoms with Crippen LogP contribution < -0.4 is 16.8 Å². The van der Waals surface area contributed by atoms with Crippen molar-refractivity contribution in [2.45, 2.75) is 13.2 Å². The zero-order chi connectivity index (χ0) is 22.6. The Morgan fingerprint density at radius 3 is 2.72 bits per heavy atom. The van der Waals surface area contributed by atoms with Crippen LogP contribution in [0.5, 0.6) is 0 Å². The molecule has 0 saturated heterocycles. The van der Waals surface area contributed by atoms with Crippen molar-refractivity contribution in [2.75, 3.05) is 0 Å². The quantitative estimate of drug-likeness (QED) is 0.362. The molecule has 12 heteroatoms. The Bertz CT molecular complexity index is 1720. The van der Waals surface area contributed by atoms with Gasteiger partial charge in [-0.2, -0.15) is 0 Å². The van der Waals surface area contributed by atoms with Gasteiger partial charge in [0, 0.05) is 20.2 Å². The van der Waals surface area contributed by atoms with Crippen LogP contribution in [-0.4, -0.2) is 34.0 Å². The summed E-state index contributed by atoms with van der Waals surface area (Å²) < 4.78 is 11.2. The lowest BCUT2D eigenvalue weighted by molar-refractivity contribution is -0.145. The lowest BCUT2D eigenvalue weighted by Gasteiger charge is -2.07. The average Bonchev–Trinajstić information content (AvgIpc) is 3.36. The van der Waals surface area contributed by atoms with Crippen molar-refractivity contribution in [1.29, 1.82) is 0 Å². The molecule has 0 unspecified atom stereocenters. The number of aryl methyl sites for hydroxylation is 1. The molecule has 32 heavy (non-hydrogen) atoms. The SMILES string of the molecule is Cn1c(=O)c2c(ncn2CC(=O)OCc2cc(=O)n3c(n2)sc2ccccc23)n(C)c1=O. The van der Waals surface area contributed by atoms with Crippen LogP contribution in [0.4, 0.5) is 0 Å². The normalized spacial score (nSPS) is 11.6. The molecule has 0 spiro atoms. The van der Waals surface area contributed by atoms with Crippen LogP contribution in [0.1, 0.15) is 5.69 Å². The Hall–Kier alpha value is -4.06. The average molecular weight is 452 g/mol. The molecule has 0 N–H and O–H groups in total. The molecule has 0 amide bonds. The molecule has 4 aromatic heterocycles. The maximum absolute atomic E-state index is 12.6. The first-order valence-electron chi connectivity index (χ1n) is 9.52. The van der Waals surface area contributed by atoms with Gasteiger partial charge in [0.05, 0.1) is 22.2 Å². The summed E-state index contributed by atoms with van der Waals surface area (Å²) in [5.41, 5.74) is 0.0665. The first kappa shape index (κ1) is 19.9. The second-order valence-corrected chi connectivity index (χ2v) is 8.19. The third-order valence-corrected chi connectivity index (χ3v) is 6.17. The number of imidazole rings is 1. The van der Waals surface area contributed by atoms with Gasteiger partial charge in [0.25, 0.3) is 11.1 Å². The van der Waals surface area contributed by atoms with Crippen LogP contribution in [0.3, 0.4) is 0 Å². The second-order valence-electron chi connectivity index (χ2n) is 7.18. The summed E-state index contributed by atoms with van der Waals surface area (Å²) in [5, 5.41) is 0. The fraction of sp³-hybridized carbons (Fsp3) is 0.200. The second kappa shape index (κ2) is 7.27. The van der Waals surface area contributed by atoms with E-state index in [4.69, 9.17) is 4.74 Å². The Kier molecular flexibility index (Phi) is 4.51. The third-order valence-electron chi connectivity index (χ3n) is 5.15. The van der Waals surface area contributed by atoms with Gasteiger partial charge in [0.2, 0.25) is 0 Å². The number of carbonyl (C=O) groups is 1. The van der Waals surface area contributed by atoms with Crippen molar-refractivity contribution < 1.29 is 9.53 Å². The van der Waals surface area contributed by atoms with Gasteiger partial charge in [-0.25, -0.2) is 14.8 Å². The van der Waals surface area contributed by atoms with Crippen LogP contribution in [-0.2, 0) is 36.8 Å². The molecule has 0 aliphatic carbocycles. The number of nitrogens with zero attached hydrogens (tertiary/aromatic N) is 6. The van der Waals surface area contributed by atoms with Crippen LogP contribution in [0.25, 0.3) is 26.3 Å². The molecular formula is C20H16N6O5S. The molecule has 5 aromatic rings. The molecule has 162 valence electrons. The van der Waals surface area contributed by atoms with E-state index in [1.165, 1.54) is 51.4 Å². The molecule has 0 aliphatic rings. The lowest BCUT2D eigenvalue weighted by atomic mass is 10.3. The van der Waals surface area contributed by atoms with E-state index in [1.807, 2.05) is 24.3 Å². The maximum atomic E-state index is 12.6. The van der Waals surface area contributed by atoms with Gasteiger partial charge < -0.3 is 9.30 Å². The van der Waals surface area contributed by atoms with Crippen molar-refractivity contribution in [1.82, 2.24) is 28.1 Å². The minimum Gasteiger partial charge on any atom is -0.458 e. The third kappa shape index (κ3) is 3.03. The van der Waals surface area contributed by atoms with E-state index >= 15 is 0 Å². The predicted molar refractivity (Wildman–Crippen MR) is 117 cm³/mol. The summed E-state index contributed by atoms with van der Waals surface area (Å²) in [4.78, 5) is 58.5. The number of para-hydroxylation sites is 1. The smallest absolute Gasteiger partial charge is 0.332 e. The molecule has 5 rings (SSSR count). The molecule has 0 fully saturated rings. The van der Waals surface area contributed by atoms with Gasteiger partial charge in [0.15, 0.2) is 16.1 Å². The number of ether oxygens (including phenoxy) is 1. The number of rotatable bonds is 4. The monoisotopic (exact) mass is 452 g/mol. The van der Waals surface area contributed by atoms with Gasteiger partial charge in [-0.15, -0.1) is 0 Å². The van der Waals surface area contributed by atoms with Gasteiger partial charge in [-0.3, -0.25) is 27.9 Å². The van der Waals surface area contributed by atoms with Crippen molar-refractivity contribution in [2.24, 2.45) is 14.1 Å². The molecule has 0 saturated carbocycles. The van der Waals surface area contributed by atoms with Crippen LogP contribution in [0.2, 0.25) is 0 Å². The van der Waals surface area contributed by atoms with Crippen LogP contribution in [0, 0.1) is 0 Å². The molecule has 0 radical (unpaired) electrons. The van der Waals surface area contributed by atoms with E-state index in [-0.39, 0.29) is 29.9 Å². The fourth-order valence-corrected chi connectivity index (χ4v) is 4.60. The number of hydrogen-bond donors (Lipinski definition) is 0. The highest BCUT2D eigenvalue weighted by molar-refractivity contribution is 7.23. The largest absolute Gasteiger partial charge is 0.458 e. The standard InChI is InChI=1S/C20H16N6O5S/c1-23-17-16(18(29)24(2)20(23)30)25(10-21-17)8-15(28)31-9-11-7-14(27)26-12-5-3-4-6-13(12)32-19(26)22-11/h3-7,10H,8-9H2,1-2H3. The molecule has 0 aliphatic heterocycles. The zero-order valence-corrected chi connectivity index (χ0v) is 17.8. The minimum absolute atomic E-state index is 0.120. The van der Waals surface area contributed by atoms with Gasteiger partial charge in [-0.05, 0) is 12.1 Å². The number of hydrogen-bond acceptors (Lipinski definition) is 8. The van der Waals surface area contributed by atoms with E-state index in [9.17, 15) is 19.2 Å². The fourth-order valence-electron chi connectivity index (χ4n) is 3.55. The number of aromatic nitrogens is 6. The predicted octanol–water partition coefficient (Wildman–Crippen LogP) is 0.400. The van der Waals surface area contributed by atoms with Crippen LogP contribution in [0.15, 0.2) is 51.0 Å². The summed E-state index contributed by atoms with van der Waals surface area (Å²) >= 11 is 1.37. The highest BCUT2D eigenvalue weighted by atomic mass is 32.1. The van der Waals surface area contributed by atoms with Gasteiger partial charge in [-0.1, -0.05) is 23.5 Å². The minimum atomic E-state index is -0.640. The Labute approximate surface area is 182 Å². The highest BCUT2D eigenvalue weighted by Gasteiger charge is 2.17. The summed E-state index contributed by atoms with van der Waals surface area (Å²) in [5.74, 6) is -0.640.